The third-order valence-electron chi connectivity index (χ3n) is 8.53. The molecule has 46 heavy (non-hydrogen) atoms. The fourth-order valence-corrected chi connectivity index (χ4v) is 6.14. The Labute approximate surface area is 267 Å². The quantitative estimate of drug-likeness (QED) is 0.270. The summed E-state index contributed by atoms with van der Waals surface area (Å²) in [7, 11) is 3.22. The normalized spacial score (nSPS) is 25.3. The van der Waals surface area contributed by atoms with Crippen LogP contribution in [0.15, 0.2) is 78.9 Å². The van der Waals surface area contributed by atoms with Crippen LogP contribution in [0, 0.1) is 0 Å². The van der Waals surface area contributed by atoms with Crippen LogP contribution < -0.4 is 20.2 Å². The van der Waals surface area contributed by atoms with E-state index in [9.17, 15) is 14.7 Å². The molecule has 12 heteroatoms. The number of imide groups is 1. The molecular formula is C34H39N3O9. The Morgan fingerprint density at radius 1 is 0.891 bits per heavy atom. The molecule has 3 aliphatic rings. The first kappa shape index (κ1) is 31.9. The first-order chi connectivity index (χ1) is 22.4. The van der Waals surface area contributed by atoms with Gasteiger partial charge in [0.2, 0.25) is 5.91 Å². The lowest BCUT2D eigenvalue weighted by atomic mass is 9.80. The van der Waals surface area contributed by atoms with Crippen molar-refractivity contribution in [2.24, 2.45) is 0 Å². The van der Waals surface area contributed by atoms with Crippen LogP contribution in [-0.2, 0) is 29.3 Å². The van der Waals surface area contributed by atoms with Crippen molar-refractivity contribution in [2.45, 2.75) is 55.7 Å². The Balaban J connectivity index is 1.36. The van der Waals surface area contributed by atoms with E-state index in [4.69, 9.17) is 28.4 Å². The minimum Gasteiger partial charge on any atom is -0.497 e. The van der Waals surface area contributed by atoms with Crippen molar-refractivity contribution in [1.82, 2.24) is 15.8 Å². The van der Waals surface area contributed by atoms with E-state index in [-0.39, 0.29) is 13.2 Å². The van der Waals surface area contributed by atoms with E-state index in [1.807, 2.05) is 78.9 Å². The number of amides is 3. The number of aliphatic hydroxyl groups excluding tert-OH is 1. The summed E-state index contributed by atoms with van der Waals surface area (Å²) in [6.45, 7) is 0.303. The van der Waals surface area contributed by atoms with E-state index in [1.54, 1.807) is 14.2 Å². The van der Waals surface area contributed by atoms with Crippen LogP contribution >= 0.6 is 0 Å². The third-order valence-corrected chi connectivity index (χ3v) is 8.53. The Kier molecular flexibility index (Phi) is 9.83. The monoisotopic (exact) mass is 633 g/mol. The highest BCUT2D eigenvalue weighted by Gasteiger charge is 2.52. The van der Waals surface area contributed by atoms with Crippen molar-refractivity contribution in [3.63, 3.8) is 0 Å². The van der Waals surface area contributed by atoms with Crippen LogP contribution in [0.2, 0.25) is 0 Å². The van der Waals surface area contributed by atoms with Crippen molar-refractivity contribution in [3.8, 4) is 11.5 Å². The van der Waals surface area contributed by atoms with Gasteiger partial charge in [-0.15, -0.1) is 0 Å². The number of urea groups is 1. The van der Waals surface area contributed by atoms with Gasteiger partial charge in [0.15, 0.2) is 12.5 Å². The zero-order valence-electron chi connectivity index (χ0n) is 25.8. The molecule has 244 valence electrons. The average Bonchev–Trinajstić information content (AvgIpc) is 3.40. The first-order valence-corrected chi connectivity index (χ1v) is 15.4. The molecule has 3 saturated heterocycles. The van der Waals surface area contributed by atoms with Gasteiger partial charge in [-0.2, -0.15) is 0 Å². The fourth-order valence-electron chi connectivity index (χ4n) is 6.14. The van der Waals surface area contributed by atoms with Crippen LogP contribution in [0.3, 0.4) is 0 Å². The van der Waals surface area contributed by atoms with Crippen LogP contribution in [-0.4, -0.2) is 86.9 Å². The number of carbonyl (C=O) groups is 2. The zero-order chi connectivity index (χ0) is 32.1. The molecule has 0 radical (unpaired) electrons. The molecule has 3 heterocycles. The summed E-state index contributed by atoms with van der Waals surface area (Å²) in [5, 5.41) is 15.1. The van der Waals surface area contributed by atoms with E-state index in [0.717, 1.165) is 34.5 Å². The van der Waals surface area contributed by atoms with E-state index in [1.165, 1.54) is 0 Å². The Bertz CT molecular complexity index is 1420. The van der Waals surface area contributed by atoms with E-state index < -0.39 is 48.4 Å². The number of hydrogen-bond donors (Lipinski definition) is 3. The zero-order valence-corrected chi connectivity index (χ0v) is 25.8. The van der Waals surface area contributed by atoms with Crippen molar-refractivity contribution >= 4 is 11.9 Å². The number of methoxy groups -OCH3 is 2. The molecule has 3 aromatic rings. The molecule has 0 unspecified atom stereocenters. The molecule has 5 atom stereocenters. The average molecular weight is 634 g/mol. The molecular weight excluding hydrogens is 594 g/mol. The van der Waals surface area contributed by atoms with Gasteiger partial charge >= 0.3 is 6.03 Å². The van der Waals surface area contributed by atoms with Crippen molar-refractivity contribution in [1.29, 1.82) is 0 Å². The van der Waals surface area contributed by atoms with Crippen LogP contribution in [0.1, 0.15) is 36.0 Å². The minimum atomic E-state index is -1.21. The molecule has 3 fully saturated rings. The highest BCUT2D eigenvalue weighted by molar-refractivity contribution is 5.97. The van der Waals surface area contributed by atoms with E-state index >= 15 is 0 Å². The van der Waals surface area contributed by atoms with Crippen molar-refractivity contribution < 1.29 is 43.1 Å². The maximum absolute atomic E-state index is 12.9. The van der Waals surface area contributed by atoms with Gasteiger partial charge in [-0.3, -0.25) is 10.1 Å². The summed E-state index contributed by atoms with van der Waals surface area (Å²) in [6, 6.07) is 24.3. The number of nitrogens with one attached hydrogen (secondary N) is 2. The number of hydrogen-bond acceptors (Lipinski definition) is 10. The minimum absolute atomic E-state index is 0.0929. The highest BCUT2D eigenvalue weighted by Crippen LogP contribution is 2.42. The van der Waals surface area contributed by atoms with Gasteiger partial charge in [-0.05, 0) is 60.2 Å². The first-order valence-electron chi connectivity index (χ1n) is 15.4. The molecule has 0 aromatic heterocycles. The lowest BCUT2D eigenvalue weighted by Crippen LogP contribution is -2.64. The second-order valence-corrected chi connectivity index (χ2v) is 11.3. The summed E-state index contributed by atoms with van der Waals surface area (Å²) in [6.07, 6.45) is -2.30. The molecule has 0 bridgehead atoms. The van der Waals surface area contributed by atoms with Gasteiger partial charge in [-0.25, -0.2) is 15.2 Å². The summed E-state index contributed by atoms with van der Waals surface area (Å²) in [4.78, 5) is 24.7. The van der Waals surface area contributed by atoms with E-state index in [2.05, 4.69) is 10.7 Å². The number of aliphatic hydroxyl groups is 1. The molecule has 3 N–H and O–H groups in total. The summed E-state index contributed by atoms with van der Waals surface area (Å²) >= 11 is 0. The van der Waals surface area contributed by atoms with Crippen molar-refractivity contribution in [3.05, 3.63) is 95.6 Å². The fraction of sp³-hybridized carbons (Fsp3) is 0.412. The SMILES string of the molecule is COc1ccc(C(OC[C@H]2O[C@@H](N3NCC(=O)NC3=O)[C@H](O[C@@H]3CCCCO3)[C@@H]2O)(c2ccccc2)c2ccc(OC)cc2)cc1. The molecule has 12 nitrogen and oxygen atoms in total. The standard InChI is InChI=1S/C34H39N3O9/c1-41-25-15-11-23(12-16-25)34(22-8-4-3-5-9-22,24-13-17-26(42-2)18-14-24)44-21-27-30(39)31(46-29-10-6-7-19-43-29)32(45-27)37-33(40)36-28(38)20-35-37/h3-5,8-9,11-18,27,29-32,35,39H,6-7,10,19-21H2,1-2H3,(H,36,38,40)/t27-,29-,30-,31-,32-/m1/s1. The summed E-state index contributed by atoms with van der Waals surface area (Å²) < 4.78 is 36.2. The smallest absolute Gasteiger partial charge is 0.340 e. The highest BCUT2D eigenvalue weighted by atomic mass is 16.7. The molecule has 3 aliphatic heterocycles. The second-order valence-electron chi connectivity index (χ2n) is 11.3. The molecule has 0 aliphatic carbocycles. The predicted molar refractivity (Wildman–Crippen MR) is 165 cm³/mol. The maximum atomic E-state index is 12.9. The van der Waals surface area contributed by atoms with Gasteiger partial charge in [0.25, 0.3) is 0 Å². The van der Waals surface area contributed by atoms with Crippen LogP contribution in [0.4, 0.5) is 4.79 Å². The van der Waals surface area contributed by atoms with Crippen molar-refractivity contribution in [2.75, 3.05) is 34.0 Å². The largest absolute Gasteiger partial charge is 0.497 e. The second kappa shape index (κ2) is 14.2. The van der Waals surface area contributed by atoms with E-state index in [0.29, 0.717) is 24.5 Å². The Morgan fingerprint density at radius 3 is 2.09 bits per heavy atom. The maximum Gasteiger partial charge on any atom is 0.340 e. The van der Waals surface area contributed by atoms with Gasteiger partial charge < -0.3 is 33.5 Å². The molecule has 3 aromatic carbocycles. The van der Waals surface area contributed by atoms with Gasteiger partial charge in [0.1, 0.15) is 35.4 Å². The number of rotatable bonds is 11. The molecule has 0 spiro atoms. The Morgan fingerprint density at radius 2 is 1.52 bits per heavy atom. The Hall–Kier alpha value is -4.04. The molecule has 3 amide bonds. The molecule has 6 rings (SSSR count). The third kappa shape index (κ3) is 6.45. The molecule has 0 saturated carbocycles. The van der Waals surface area contributed by atoms with Crippen LogP contribution in [0.25, 0.3) is 0 Å². The topological polar surface area (TPSA) is 137 Å². The number of hydrazine groups is 1. The number of ether oxygens (including phenoxy) is 6. The summed E-state index contributed by atoms with van der Waals surface area (Å²) in [5.41, 5.74) is 4.10. The van der Waals surface area contributed by atoms with Crippen LogP contribution in [0.5, 0.6) is 11.5 Å². The lowest BCUT2D eigenvalue weighted by molar-refractivity contribution is -0.221. The lowest BCUT2D eigenvalue weighted by Gasteiger charge is -2.37. The number of benzene rings is 3. The summed E-state index contributed by atoms with van der Waals surface area (Å²) in [5.74, 6) is 0.904. The van der Waals surface area contributed by atoms with Gasteiger partial charge in [0.05, 0.1) is 27.4 Å². The van der Waals surface area contributed by atoms with Gasteiger partial charge in [-0.1, -0.05) is 54.6 Å². The number of nitrogens with zero attached hydrogens (tertiary/aromatic N) is 1. The predicted octanol–water partition coefficient (Wildman–Crippen LogP) is 3.07. The number of carbonyl (C=O) groups excluding carboxylic acids is 2. The van der Waals surface area contributed by atoms with Gasteiger partial charge in [0, 0.05) is 6.61 Å².